The normalized spacial score (nSPS) is 11.6. The standard InChI is InChI=1S/C13H13F2NO4/c1-2-20-13(17)11(7-8-12(14)15)9-3-5-10(6-4-9)16(18)19/h3-6,8,11H,2,7H2,1H3. The summed E-state index contributed by atoms with van der Waals surface area (Å²) in [5.41, 5.74) is 0.259. The minimum absolute atomic E-state index is 0.129. The summed E-state index contributed by atoms with van der Waals surface area (Å²) in [5.74, 6) is -1.55. The molecule has 1 atom stereocenters. The summed E-state index contributed by atoms with van der Waals surface area (Å²) >= 11 is 0. The van der Waals surface area contributed by atoms with Gasteiger partial charge in [0.05, 0.1) is 17.4 Å². The van der Waals surface area contributed by atoms with Crippen LogP contribution in [0.1, 0.15) is 24.8 Å². The maximum absolute atomic E-state index is 12.1. The van der Waals surface area contributed by atoms with Gasteiger partial charge < -0.3 is 4.74 Å². The summed E-state index contributed by atoms with van der Waals surface area (Å²) in [6, 6.07) is 5.17. The topological polar surface area (TPSA) is 69.4 Å². The van der Waals surface area contributed by atoms with Crippen LogP contribution < -0.4 is 0 Å². The third kappa shape index (κ3) is 4.42. The average molecular weight is 285 g/mol. The first-order chi connectivity index (χ1) is 9.45. The number of carbonyl (C=O) groups excluding carboxylic acids is 1. The molecule has 108 valence electrons. The van der Waals surface area contributed by atoms with Crippen LogP contribution in [-0.4, -0.2) is 17.5 Å². The zero-order valence-corrected chi connectivity index (χ0v) is 10.7. The molecule has 0 aliphatic carbocycles. The molecule has 0 amide bonds. The summed E-state index contributed by atoms with van der Waals surface area (Å²) in [6.45, 7) is 1.74. The number of carbonyl (C=O) groups is 1. The van der Waals surface area contributed by atoms with Crippen molar-refractivity contribution in [1.82, 2.24) is 0 Å². The first kappa shape index (κ1) is 15.7. The molecular formula is C13H13F2NO4. The Labute approximate surface area is 114 Å². The van der Waals surface area contributed by atoms with Crippen molar-refractivity contribution in [3.8, 4) is 0 Å². The van der Waals surface area contributed by atoms with Crippen LogP contribution >= 0.6 is 0 Å². The quantitative estimate of drug-likeness (QED) is 0.456. The number of nitrogens with zero attached hydrogens (tertiary/aromatic N) is 1. The smallest absolute Gasteiger partial charge is 0.313 e. The van der Waals surface area contributed by atoms with E-state index in [-0.39, 0.29) is 18.7 Å². The Hall–Kier alpha value is -2.31. The van der Waals surface area contributed by atoms with Gasteiger partial charge in [-0.15, -0.1) is 0 Å². The van der Waals surface area contributed by atoms with Gasteiger partial charge in [0, 0.05) is 12.1 Å². The van der Waals surface area contributed by atoms with Crippen molar-refractivity contribution in [2.24, 2.45) is 0 Å². The third-order valence-corrected chi connectivity index (χ3v) is 2.59. The summed E-state index contributed by atoms with van der Waals surface area (Å²) in [5, 5.41) is 10.5. The second kappa shape index (κ2) is 7.32. The molecule has 0 radical (unpaired) electrons. The fourth-order valence-corrected chi connectivity index (χ4v) is 1.65. The molecule has 1 unspecified atom stereocenters. The first-order valence-electron chi connectivity index (χ1n) is 5.87. The van der Waals surface area contributed by atoms with E-state index in [1.807, 2.05) is 0 Å². The Morgan fingerprint density at radius 2 is 2.00 bits per heavy atom. The monoisotopic (exact) mass is 285 g/mol. The molecule has 0 saturated carbocycles. The van der Waals surface area contributed by atoms with Crippen molar-refractivity contribution < 1.29 is 23.2 Å². The fraction of sp³-hybridized carbons (Fsp3) is 0.308. The molecule has 0 aliphatic heterocycles. The highest BCUT2D eigenvalue weighted by molar-refractivity contribution is 5.78. The highest BCUT2D eigenvalue weighted by Gasteiger charge is 2.22. The van der Waals surface area contributed by atoms with Crippen LogP contribution in [0.3, 0.4) is 0 Å². The lowest BCUT2D eigenvalue weighted by Crippen LogP contribution is -2.15. The second-order valence-electron chi connectivity index (χ2n) is 3.88. The van der Waals surface area contributed by atoms with Crippen molar-refractivity contribution >= 4 is 11.7 Å². The Morgan fingerprint density at radius 1 is 1.40 bits per heavy atom. The third-order valence-electron chi connectivity index (χ3n) is 2.59. The van der Waals surface area contributed by atoms with E-state index in [0.29, 0.717) is 11.6 Å². The van der Waals surface area contributed by atoms with E-state index in [0.717, 1.165) is 0 Å². The highest BCUT2D eigenvalue weighted by Crippen LogP contribution is 2.25. The summed E-state index contributed by atoms with van der Waals surface area (Å²) < 4.78 is 29.1. The lowest BCUT2D eigenvalue weighted by atomic mass is 9.95. The van der Waals surface area contributed by atoms with Gasteiger partial charge in [-0.3, -0.25) is 14.9 Å². The molecule has 1 aromatic carbocycles. The number of benzene rings is 1. The second-order valence-corrected chi connectivity index (χ2v) is 3.88. The van der Waals surface area contributed by atoms with Gasteiger partial charge in [-0.05, 0) is 25.0 Å². The van der Waals surface area contributed by atoms with Crippen molar-refractivity contribution in [2.45, 2.75) is 19.3 Å². The number of rotatable bonds is 6. The summed E-state index contributed by atoms with van der Waals surface area (Å²) in [7, 11) is 0. The first-order valence-corrected chi connectivity index (χ1v) is 5.87. The average Bonchev–Trinajstić information content (AvgIpc) is 2.39. The molecule has 0 aromatic heterocycles. The number of non-ortho nitro benzene ring substituents is 1. The number of allylic oxidation sites excluding steroid dienone is 1. The fourth-order valence-electron chi connectivity index (χ4n) is 1.65. The van der Waals surface area contributed by atoms with Crippen molar-refractivity contribution in [1.29, 1.82) is 0 Å². The molecular weight excluding hydrogens is 272 g/mol. The zero-order valence-electron chi connectivity index (χ0n) is 10.7. The molecule has 7 heteroatoms. The van der Waals surface area contributed by atoms with Crippen LogP contribution in [0.5, 0.6) is 0 Å². The lowest BCUT2D eigenvalue weighted by Gasteiger charge is -2.13. The number of hydrogen-bond donors (Lipinski definition) is 0. The van der Waals surface area contributed by atoms with E-state index < -0.39 is 22.9 Å². The van der Waals surface area contributed by atoms with Gasteiger partial charge in [0.15, 0.2) is 0 Å². The van der Waals surface area contributed by atoms with Gasteiger partial charge in [-0.1, -0.05) is 12.1 Å². The number of nitro benzene ring substituents is 1. The van der Waals surface area contributed by atoms with Crippen molar-refractivity contribution in [3.05, 3.63) is 52.1 Å². The molecule has 0 aliphatic rings. The van der Waals surface area contributed by atoms with Gasteiger partial charge in [-0.2, -0.15) is 8.78 Å². The maximum atomic E-state index is 12.1. The Kier molecular flexibility index (Phi) is 5.76. The molecule has 0 fully saturated rings. The molecule has 1 aromatic rings. The van der Waals surface area contributed by atoms with Crippen LogP contribution in [0, 0.1) is 10.1 Å². The SMILES string of the molecule is CCOC(=O)C(CC=C(F)F)c1ccc([N+](=O)[O-])cc1. The summed E-state index contributed by atoms with van der Waals surface area (Å²) in [4.78, 5) is 21.7. The molecule has 0 heterocycles. The predicted octanol–water partition coefficient (Wildman–Crippen LogP) is 3.41. The molecule has 5 nitrogen and oxygen atoms in total. The number of nitro groups is 1. The number of hydrogen-bond acceptors (Lipinski definition) is 4. The van der Waals surface area contributed by atoms with Crippen LogP contribution in [0.15, 0.2) is 36.4 Å². The highest BCUT2D eigenvalue weighted by atomic mass is 19.3. The molecule has 20 heavy (non-hydrogen) atoms. The van der Waals surface area contributed by atoms with Gasteiger partial charge in [0.1, 0.15) is 0 Å². The van der Waals surface area contributed by atoms with Gasteiger partial charge in [0.25, 0.3) is 11.8 Å². The molecule has 0 bridgehead atoms. The predicted molar refractivity (Wildman–Crippen MR) is 67.4 cm³/mol. The largest absolute Gasteiger partial charge is 0.466 e. The molecule has 1 rings (SSSR count). The van der Waals surface area contributed by atoms with E-state index in [2.05, 4.69) is 0 Å². The molecule has 0 spiro atoms. The van der Waals surface area contributed by atoms with Gasteiger partial charge >= 0.3 is 5.97 Å². The van der Waals surface area contributed by atoms with Crippen LogP contribution in [0.4, 0.5) is 14.5 Å². The van der Waals surface area contributed by atoms with Gasteiger partial charge in [-0.25, -0.2) is 0 Å². The Balaban J connectivity index is 2.99. The number of esters is 1. The van der Waals surface area contributed by atoms with E-state index >= 15 is 0 Å². The lowest BCUT2D eigenvalue weighted by molar-refractivity contribution is -0.384. The van der Waals surface area contributed by atoms with E-state index in [1.54, 1.807) is 6.92 Å². The Morgan fingerprint density at radius 3 is 2.45 bits per heavy atom. The molecule has 0 saturated heterocycles. The van der Waals surface area contributed by atoms with E-state index in [4.69, 9.17) is 4.74 Å². The molecule has 0 N–H and O–H groups in total. The van der Waals surface area contributed by atoms with Gasteiger partial charge in [0.2, 0.25) is 0 Å². The maximum Gasteiger partial charge on any atom is 0.313 e. The number of halogens is 2. The van der Waals surface area contributed by atoms with Crippen LogP contribution in [0.25, 0.3) is 0 Å². The summed E-state index contributed by atoms with van der Waals surface area (Å²) in [6.07, 6.45) is -1.48. The van der Waals surface area contributed by atoms with Crippen molar-refractivity contribution in [3.63, 3.8) is 0 Å². The van der Waals surface area contributed by atoms with Crippen molar-refractivity contribution in [2.75, 3.05) is 6.61 Å². The van der Waals surface area contributed by atoms with E-state index in [9.17, 15) is 23.7 Å². The van der Waals surface area contributed by atoms with Crippen LogP contribution in [-0.2, 0) is 9.53 Å². The van der Waals surface area contributed by atoms with Crippen LogP contribution in [0.2, 0.25) is 0 Å². The minimum atomic E-state index is -1.89. The Bertz CT molecular complexity index is 510. The zero-order chi connectivity index (χ0) is 15.1. The number of ether oxygens (including phenoxy) is 1. The minimum Gasteiger partial charge on any atom is -0.466 e. The van der Waals surface area contributed by atoms with E-state index in [1.165, 1.54) is 24.3 Å².